The van der Waals surface area contributed by atoms with Crippen molar-refractivity contribution in [1.29, 1.82) is 0 Å². The minimum absolute atomic E-state index is 0.0696. The molecule has 0 fully saturated rings. The van der Waals surface area contributed by atoms with Crippen LogP contribution < -0.4 is 5.32 Å². The zero-order valence-electron chi connectivity index (χ0n) is 12.5. The molecule has 106 valence electrons. The number of carbonyl (C=O) groups excluding carboxylic acids is 2. The van der Waals surface area contributed by atoms with Gasteiger partial charge < -0.3 is 10.2 Å². The van der Waals surface area contributed by atoms with Crippen LogP contribution in [0.1, 0.15) is 53.9 Å². The van der Waals surface area contributed by atoms with Gasteiger partial charge in [0, 0.05) is 19.6 Å². The predicted molar refractivity (Wildman–Crippen MR) is 74.2 cm³/mol. The van der Waals surface area contributed by atoms with Crippen LogP contribution in [0.5, 0.6) is 0 Å². The van der Waals surface area contributed by atoms with Gasteiger partial charge in [-0.25, -0.2) is 0 Å². The van der Waals surface area contributed by atoms with Gasteiger partial charge in [0.05, 0.1) is 0 Å². The Balaban J connectivity index is 4.72. The minimum Gasteiger partial charge on any atom is -0.355 e. The number of rotatable bonds is 8. The molecule has 0 aliphatic rings. The average Bonchev–Trinajstić information content (AvgIpc) is 2.34. The minimum atomic E-state index is -0.973. The summed E-state index contributed by atoms with van der Waals surface area (Å²) in [5, 5.41) is 2.81. The van der Waals surface area contributed by atoms with Gasteiger partial charge in [0.2, 0.25) is 11.8 Å². The standard InChI is InChI=1S/C14H28N2O2/c1-6-9-15-12(17)14(4,5)13(18)16(10-7-2)11-8-3/h6-11H2,1-5H3,(H,15,17). The van der Waals surface area contributed by atoms with Crippen LogP contribution in [0.25, 0.3) is 0 Å². The fourth-order valence-electron chi connectivity index (χ4n) is 1.81. The van der Waals surface area contributed by atoms with Crippen LogP contribution in [0, 0.1) is 5.41 Å². The van der Waals surface area contributed by atoms with Gasteiger partial charge in [-0.2, -0.15) is 0 Å². The van der Waals surface area contributed by atoms with E-state index in [1.165, 1.54) is 0 Å². The van der Waals surface area contributed by atoms with E-state index in [4.69, 9.17) is 0 Å². The van der Waals surface area contributed by atoms with E-state index in [1.54, 1.807) is 18.7 Å². The summed E-state index contributed by atoms with van der Waals surface area (Å²) in [5.41, 5.74) is -0.973. The Morgan fingerprint density at radius 3 is 1.89 bits per heavy atom. The lowest BCUT2D eigenvalue weighted by molar-refractivity contribution is -0.148. The van der Waals surface area contributed by atoms with Crippen molar-refractivity contribution in [2.45, 2.75) is 53.9 Å². The van der Waals surface area contributed by atoms with Crippen molar-refractivity contribution in [1.82, 2.24) is 10.2 Å². The van der Waals surface area contributed by atoms with Crippen molar-refractivity contribution in [2.75, 3.05) is 19.6 Å². The first-order valence-corrected chi connectivity index (χ1v) is 6.99. The summed E-state index contributed by atoms with van der Waals surface area (Å²) < 4.78 is 0. The molecular formula is C14H28N2O2. The maximum atomic E-state index is 12.4. The van der Waals surface area contributed by atoms with Gasteiger partial charge in [-0.3, -0.25) is 9.59 Å². The normalized spacial score (nSPS) is 11.2. The van der Waals surface area contributed by atoms with Crippen LogP contribution in [0.2, 0.25) is 0 Å². The number of amides is 2. The quantitative estimate of drug-likeness (QED) is 0.677. The molecule has 0 rings (SSSR count). The maximum absolute atomic E-state index is 12.4. The number of hydrogen-bond donors (Lipinski definition) is 1. The van der Waals surface area contributed by atoms with E-state index in [-0.39, 0.29) is 11.8 Å². The van der Waals surface area contributed by atoms with Gasteiger partial charge in [-0.05, 0) is 33.1 Å². The summed E-state index contributed by atoms with van der Waals surface area (Å²) in [7, 11) is 0. The highest BCUT2D eigenvalue weighted by atomic mass is 16.2. The van der Waals surface area contributed by atoms with Crippen LogP contribution in [-0.4, -0.2) is 36.3 Å². The van der Waals surface area contributed by atoms with E-state index in [9.17, 15) is 9.59 Å². The third-order valence-electron chi connectivity index (χ3n) is 2.91. The Morgan fingerprint density at radius 2 is 1.50 bits per heavy atom. The molecule has 2 amide bonds. The molecule has 18 heavy (non-hydrogen) atoms. The molecule has 0 aliphatic carbocycles. The van der Waals surface area contributed by atoms with Gasteiger partial charge in [0.25, 0.3) is 0 Å². The second-order valence-corrected chi connectivity index (χ2v) is 5.17. The van der Waals surface area contributed by atoms with E-state index in [1.807, 2.05) is 20.8 Å². The van der Waals surface area contributed by atoms with Crippen molar-refractivity contribution < 1.29 is 9.59 Å². The summed E-state index contributed by atoms with van der Waals surface area (Å²) in [6.07, 6.45) is 2.71. The second kappa shape index (κ2) is 8.11. The molecular weight excluding hydrogens is 228 g/mol. The van der Waals surface area contributed by atoms with Crippen molar-refractivity contribution in [3.63, 3.8) is 0 Å². The monoisotopic (exact) mass is 256 g/mol. The van der Waals surface area contributed by atoms with E-state index < -0.39 is 5.41 Å². The summed E-state index contributed by atoms with van der Waals surface area (Å²) in [6.45, 7) is 11.6. The third kappa shape index (κ3) is 4.67. The number of nitrogens with one attached hydrogen (secondary N) is 1. The van der Waals surface area contributed by atoms with Gasteiger partial charge in [-0.1, -0.05) is 20.8 Å². The van der Waals surface area contributed by atoms with E-state index in [2.05, 4.69) is 5.32 Å². The van der Waals surface area contributed by atoms with Crippen LogP contribution in [0.3, 0.4) is 0 Å². The average molecular weight is 256 g/mol. The molecule has 0 saturated heterocycles. The number of carbonyl (C=O) groups is 2. The lowest BCUT2D eigenvalue weighted by Gasteiger charge is -2.30. The van der Waals surface area contributed by atoms with Gasteiger partial charge in [0.1, 0.15) is 5.41 Å². The van der Waals surface area contributed by atoms with Gasteiger partial charge in [0.15, 0.2) is 0 Å². The Hall–Kier alpha value is -1.06. The zero-order valence-corrected chi connectivity index (χ0v) is 12.5. The summed E-state index contributed by atoms with van der Waals surface area (Å²) in [6, 6.07) is 0. The molecule has 4 heteroatoms. The highest BCUT2D eigenvalue weighted by Crippen LogP contribution is 2.20. The maximum Gasteiger partial charge on any atom is 0.237 e. The summed E-state index contributed by atoms with van der Waals surface area (Å²) in [5.74, 6) is -0.244. The van der Waals surface area contributed by atoms with E-state index in [0.29, 0.717) is 6.54 Å². The molecule has 0 heterocycles. The SMILES string of the molecule is CCCNC(=O)C(C)(C)C(=O)N(CCC)CCC. The van der Waals surface area contributed by atoms with Crippen molar-refractivity contribution in [3.8, 4) is 0 Å². The van der Waals surface area contributed by atoms with Crippen LogP contribution in [-0.2, 0) is 9.59 Å². The highest BCUT2D eigenvalue weighted by Gasteiger charge is 2.38. The predicted octanol–water partition coefficient (Wildman–Crippen LogP) is 2.19. The first kappa shape index (κ1) is 16.9. The van der Waals surface area contributed by atoms with Crippen LogP contribution >= 0.6 is 0 Å². The van der Waals surface area contributed by atoms with Crippen LogP contribution in [0.15, 0.2) is 0 Å². The summed E-state index contributed by atoms with van der Waals surface area (Å²) in [4.78, 5) is 26.2. The molecule has 4 nitrogen and oxygen atoms in total. The van der Waals surface area contributed by atoms with Crippen molar-refractivity contribution in [2.24, 2.45) is 5.41 Å². The summed E-state index contributed by atoms with van der Waals surface area (Å²) >= 11 is 0. The lowest BCUT2D eigenvalue weighted by atomic mass is 9.90. The lowest BCUT2D eigenvalue weighted by Crippen LogP contribution is -2.50. The van der Waals surface area contributed by atoms with Gasteiger partial charge in [-0.15, -0.1) is 0 Å². The molecule has 0 atom stereocenters. The first-order chi connectivity index (χ1) is 8.41. The molecule has 0 aliphatic heterocycles. The topological polar surface area (TPSA) is 49.4 Å². The molecule has 0 radical (unpaired) electrons. The Bertz CT molecular complexity index is 269. The van der Waals surface area contributed by atoms with Crippen LogP contribution in [0.4, 0.5) is 0 Å². The fourth-order valence-corrected chi connectivity index (χ4v) is 1.81. The highest BCUT2D eigenvalue weighted by molar-refractivity contribution is 6.04. The largest absolute Gasteiger partial charge is 0.355 e. The smallest absolute Gasteiger partial charge is 0.237 e. The molecule has 0 aromatic carbocycles. The molecule has 0 aromatic heterocycles. The zero-order chi connectivity index (χ0) is 14.2. The second-order valence-electron chi connectivity index (χ2n) is 5.17. The Morgan fingerprint density at radius 1 is 1.00 bits per heavy atom. The molecule has 0 unspecified atom stereocenters. The number of hydrogen-bond acceptors (Lipinski definition) is 2. The molecule has 0 aromatic rings. The molecule has 1 N–H and O–H groups in total. The van der Waals surface area contributed by atoms with Gasteiger partial charge >= 0.3 is 0 Å². The number of nitrogens with zero attached hydrogens (tertiary/aromatic N) is 1. The fraction of sp³-hybridized carbons (Fsp3) is 0.857. The van der Waals surface area contributed by atoms with E-state index in [0.717, 1.165) is 32.4 Å². The Kier molecular flexibility index (Phi) is 7.64. The first-order valence-electron chi connectivity index (χ1n) is 6.99. The molecule has 0 saturated carbocycles. The van der Waals surface area contributed by atoms with E-state index >= 15 is 0 Å². The molecule has 0 bridgehead atoms. The molecule has 0 spiro atoms. The van der Waals surface area contributed by atoms with Crippen molar-refractivity contribution in [3.05, 3.63) is 0 Å². The Labute approximate surface area is 111 Å². The van der Waals surface area contributed by atoms with Crippen molar-refractivity contribution >= 4 is 11.8 Å². The third-order valence-corrected chi connectivity index (χ3v) is 2.91.